The van der Waals surface area contributed by atoms with Crippen LogP contribution >= 0.6 is 15.9 Å². The van der Waals surface area contributed by atoms with E-state index in [0.717, 1.165) is 19.0 Å². The summed E-state index contributed by atoms with van der Waals surface area (Å²) < 4.78 is 39.3. The number of rotatable bonds is 7. The van der Waals surface area contributed by atoms with Gasteiger partial charge in [-0.3, -0.25) is 4.72 Å². The maximum atomic E-state index is 13.0. The fourth-order valence-electron chi connectivity index (χ4n) is 1.30. The van der Waals surface area contributed by atoms with Crippen LogP contribution in [-0.2, 0) is 10.0 Å². The topological polar surface area (TPSA) is 58.2 Å². The first-order valence-corrected chi connectivity index (χ1v) is 8.05. The van der Waals surface area contributed by atoms with Crippen LogP contribution in [0.25, 0.3) is 0 Å². The number of hydrogen-bond acceptors (Lipinski definition) is 3. The first-order valence-electron chi connectivity index (χ1n) is 5.61. The molecule has 0 aliphatic rings. The Labute approximate surface area is 115 Å². The van der Waals surface area contributed by atoms with E-state index in [4.69, 9.17) is 0 Å². The molecule has 0 unspecified atom stereocenters. The molecule has 0 spiro atoms. The first kappa shape index (κ1) is 15.4. The van der Waals surface area contributed by atoms with E-state index >= 15 is 0 Å². The average molecular weight is 339 g/mol. The Kier molecular flexibility index (Phi) is 6.04. The van der Waals surface area contributed by atoms with Crippen molar-refractivity contribution < 1.29 is 12.8 Å². The lowest BCUT2D eigenvalue weighted by molar-refractivity contribution is 0.595. The van der Waals surface area contributed by atoms with E-state index in [0.29, 0.717) is 11.0 Å². The summed E-state index contributed by atoms with van der Waals surface area (Å²) >= 11 is 3.17. The average Bonchev–Trinajstić information content (AvgIpc) is 2.29. The fraction of sp³-hybridized carbons (Fsp3) is 0.455. The molecule has 0 saturated carbocycles. The Hall–Kier alpha value is -0.660. The van der Waals surface area contributed by atoms with Gasteiger partial charge >= 0.3 is 0 Å². The van der Waals surface area contributed by atoms with Gasteiger partial charge in [-0.1, -0.05) is 6.92 Å². The summed E-state index contributed by atoms with van der Waals surface area (Å²) in [5.74, 6) is -0.532. The standard InChI is InChI=1S/C11H16BrFN2O2S/c1-2-5-14-6-7-18(16,17)15-11-8-9(13)3-4-10(11)12/h3-4,8,14-15H,2,5-7H2,1H3. The van der Waals surface area contributed by atoms with Crippen molar-refractivity contribution in [1.29, 1.82) is 0 Å². The third kappa shape index (κ3) is 5.32. The maximum Gasteiger partial charge on any atom is 0.234 e. The molecule has 0 amide bonds. The van der Waals surface area contributed by atoms with Crippen LogP contribution in [0.2, 0.25) is 0 Å². The van der Waals surface area contributed by atoms with Gasteiger partial charge in [0.15, 0.2) is 0 Å². The molecule has 0 aromatic heterocycles. The van der Waals surface area contributed by atoms with Crippen LogP contribution in [-0.4, -0.2) is 27.3 Å². The van der Waals surface area contributed by atoms with Crippen LogP contribution in [0.5, 0.6) is 0 Å². The van der Waals surface area contributed by atoms with E-state index in [1.54, 1.807) is 0 Å². The van der Waals surface area contributed by atoms with Gasteiger partial charge in [-0.2, -0.15) is 0 Å². The fourth-order valence-corrected chi connectivity index (χ4v) is 2.80. The van der Waals surface area contributed by atoms with Gasteiger partial charge in [0.2, 0.25) is 10.0 Å². The van der Waals surface area contributed by atoms with Crippen LogP contribution < -0.4 is 10.0 Å². The zero-order valence-electron chi connectivity index (χ0n) is 10.0. The molecule has 0 aliphatic carbocycles. The second-order valence-corrected chi connectivity index (χ2v) is 6.49. The molecular formula is C11H16BrFN2O2S. The molecule has 102 valence electrons. The summed E-state index contributed by atoms with van der Waals surface area (Å²) in [5.41, 5.74) is 0.213. The van der Waals surface area contributed by atoms with Crippen LogP contribution in [0.4, 0.5) is 10.1 Å². The van der Waals surface area contributed by atoms with Gasteiger partial charge in [0.1, 0.15) is 5.82 Å². The third-order valence-electron chi connectivity index (χ3n) is 2.17. The van der Waals surface area contributed by atoms with Crippen molar-refractivity contribution in [2.75, 3.05) is 23.6 Å². The molecule has 0 radical (unpaired) electrons. The van der Waals surface area contributed by atoms with Crippen LogP contribution in [0, 0.1) is 5.82 Å². The van der Waals surface area contributed by atoms with Crippen molar-refractivity contribution in [3.8, 4) is 0 Å². The second-order valence-electron chi connectivity index (χ2n) is 3.80. The van der Waals surface area contributed by atoms with Crippen molar-refractivity contribution >= 4 is 31.6 Å². The van der Waals surface area contributed by atoms with Gasteiger partial charge in [0.25, 0.3) is 0 Å². The minimum absolute atomic E-state index is 0.0457. The lowest BCUT2D eigenvalue weighted by atomic mass is 10.3. The Morgan fingerprint density at radius 2 is 2.06 bits per heavy atom. The van der Waals surface area contributed by atoms with Crippen molar-refractivity contribution in [1.82, 2.24) is 5.32 Å². The van der Waals surface area contributed by atoms with Gasteiger partial charge in [0.05, 0.1) is 11.4 Å². The molecule has 2 N–H and O–H groups in total. The molecule has 0 aliphatic heterocycles. The Bertz CT molecular complexity index is 494. The number of hydrogen-bond donors (Lipinski definition) is 2. The summed E-state index contributed by atoms with van der Waals surface area (Å²) in [6.07, 6.45) is 0.947. The molecule has 1 aromatic rings. The highest BCUT2D eigenvalue weighted by Crippen LogP contribution is 2.23. The predicted molar refractivity (Wildman–Crippen MR) is 74.7 cm³/mol. The van der Waals surface area contributed by atoms with Gasteiger partial charge < -0.3 is 5.32 Å². The molecule has 4 nitrogen and oxygen atoms in total. The Morgan fingerprint density at radius 3 is 2.72 bits per heavy atom. The molecule has 0 fully saturated rings. The molecule has 0 heterocycles. The van der Waals surface area contributed by atoms with E-state index in [2.05, 4.69) is 26.0 Å². The third-order valence-corrected chi connectivity index (χ3v) is 4.13. The summed E-state index contributed by atoms with van der Waals surface area (Å²) in [7, 11) is -3.46. The first-order chi connectivity index (χ1) is 8.44. The van der Waals surface area contributed by atoms with E-state index in [1.165, 1.54) is 12.1 Å². The van der Waals surface area contributed by atoms with E-state index < -0.39 is 15.8 Å². The van der Waals surface area contributed by atoms with Crippen molar-refractivity contribution in [2.24, 2.45) is 0 Å². The highest BCUT2D eigenvalue weighted by Gasteiger charge is 2.12. The highest BCUT2D eigenvalue weighted by molar-refractivity contribution is 9.10. The molecule has 7 heteroatoms. The summed E-state index contributed by atoms with van der Waals surface area (Å²) in [4.78, 5) is 0. The number of halogens is 2. The van der Waals surface area contributed by atoms with Crippen molar-refractivity contribution in [3.05, 3.63) is 28.5 Å². The van der Waals surface area contributed by atoms with Crippen molar-refractivity contribution in [3.63, 3.8) is 0 Å². The summed E-state index contributed by atoms with van der Waals surface area (Å²) in [6.45, 7) is 3.15. The van der Waals surface area contributed by atoms with Gasteiger partial charge in [-0.25, -0.2) is 12.8 Å². The maximum absolute atomic E-state index is 13.0. The van der Waals surface area contributed by atoms with Gasteiger partial charge in [0, 0.05) is 11.0 Å². The predicted octanol–water partition coefficient (Wildman–Crippen LogP) is 2.33. The van der Waals surface area contributed by atoms with Crippen LogP contribution in [0.15, 0.2) is 22.7 Å². The molecule has 0 atom stereocenters. The zero-order valence-corrected chi connectivity index (χ0v) is 12.4. The van der Waals surface area contributed by atoms with Crippen LogP contribution in [0.3, 0.4) is 0 Å². The molecule has 1 rings (SSSR count). The Morgan fingerprint density at radius 1 is 1.33 bits per heavy atom. The van der Waals surface area contributed by atoms with Crippen LogP contribution in [0.1, 0.15) is 13.3 Å². The zero-order chi connectivity index (χ0) is 13.6. The van der Waals surface area contributed by atoms with E-state index in [-0.39, 0.29) is 11.4 Å². The summed E-state index contributed by atoms with van der Waals surface area (Å²) in [5, 5.41) is 3.00. The molecular weight excluding hydrogens is 323 g/mol. The Balaban J connectivity index is 2.62. The monoisotopic (exact) mass is 338 g/mol. The number of sulfonamides is 1. The van der Waals surface area contributed by atoms with E-state index in [1.807, 2.05) is 6.92 Å². The lowest BCUT2D eigenvalue weighted by Gasteiger charge is -2.10. The molecule has 0 saturated heterocycles. The molecule has 18 heavy (non-hydrogen) atoms. The van der Waals surface area contributed by atoms with Gasteiger partial charge in [-0.15, -0.1) is 0 Å². The highest BCUT2D eigenvalue weighted by atomic mass is 79.9. The minimum Gasteiger partial charge on any atom is -0.316 e. The molecule has 1 aromatic carbocycles. The lowest BCUT2D eigenvalue weighted by Crippen LogP contribution is -2.27. The minimum atomic E-state index is -3.46. The number of benzene rings is 1. The molecule has 0 bridgehead atoms. The largest absolute Gasteiger partial charge is 0.316 e. The summed E-state index contributed by atoms with van der Waals surface area (Å²) in [6, 6.07) is 3.86. The SMILES string of the molecule is CCCNCCS(=O)(=O)Nc1cc(F)ccc1Br. The number of nitrogens with one attached hydrogen (secondary N) is 2. The number of anilines is 1. The normalized spacial score (nSPS) is 11.5. The smallest absolute Gasteiger partial charge is 0.234 e. The van der Waals surface area contributed by atoms with Gasteiger partial charge in [-0.05, 0) is 47.1 Å². The van der Waals surface area contributed by atoms with E-state index in [9.17, 15) is 12.8 Å². The van der Waals surface area contributed by atoms with Crippen molar-refractivity contribution in [2.45, 2.75) is 13.3 Å². The second kappa shape index (κ2) is 7.06. The quantitative estimate of drug-likeness (QED) is 0.750.